The summed E-state index contributed by atoms with van der Waals surface area (Å²) < 4.78 is 4.92. The Kier molecular flexibility index (Phi) is 4.52. The van der Waals surface area contributed by atoms with Gasteiger partial charge in [0.1, 0.15) is 0 Å². The first-order chi connectivity index (χ1) is 9.24. The third-order valence-electron chi connectivity index (χ3n) is 2.49. The molecule has 2 aromatic rings. The molecule has 19 heavy (non-hydrogen) atoms. The van der Waals surface area contributed by atoms with Crippen LogP contribution < -0.4 is 0 Å². The quantitative estimate of drug-likeness (QED) is 0.633. The average molecular weight is 274 g/mol. The summed E-state index contributed by atoms with van der Waals surface area (Å²) in [6.45, 7) is 2.10. The molecule has 0 fully saturated rings. The topological polar surface area (TPSA) is 52.1 Å². The molecule has 4 nitrogen and oxygen atoms in total. The zero-order valence-electron chi connectivity index (χ0n) is 10.8. The molecule has 5 heteroatoms. The second-order valence-corrected chi connectivity index (χ2v) is 4.59. The lowest BCUT2D eigenvalue weighted by molar-refractivity contribution is 0.0519. The molecule has 0 saturated carbocycles. The number of nitrogens with zero attached hydrogens (tertiary/aromatic N) is 2. The van der Waals surface area contributed by atoms with E-state index < -0.39 is 5.97 Å². The molecule has 2 rings (SSSR count). The highest BCUT2D eigenvalue weighted by Crippen LogP contribution is 2.20. The van der Waals surface area contributed by atoms with Crippen LogP contribution in [-0.2, 0) is 4.74 Å². The number of esters is 1. The molecule has 0 aliphatic carbocycles. The highest BCUT2D eigenvalue weighted by atomic mass is 32.2. The van der Waals surface area contributed by atoms with Crippen LogP contribution >= 0.6 is 11.8 Å². The van der Waals surface area contributed by atoms with Gasteiger partial charge >= 0.3 is 5.97 Å². The van der Waals surface area contributed by atoms with Gasteiger partial charge in [-0.3, -0.25) is 0 Å². The molecular formula is C14H14N2O2S. The van der Waals surface area contributed by atoms with Gasteiger partial charge in [0.05, 0.1) is 6.61 Å². The largest absolute Gasteiger partial charge is 0.461 e. The van der Waals surface area contributed by atoms with Gasteiger partial charge in [0.25, 0.3) is 0 Å². The first-order valence-electron chi connectivity index (χ1n) is 5.89. The van der Waals surface area contributed by atoms with Gasteiger partial charge in [0.15, 0.2) is 11.5 Å². The van der Waals surface area contributed by atoms with Crippen LogP contribution in [0.4, 0.5) is 0 Å². The van der Waals surface area contributed by atoms with E-state index in [1.807, 2.05) is 30.5 Å². The van der Waals surface area contributed by atoms with E-state index in [0.29, 0.717) is 12.4 Å². The summed E-state index contributed by atoms with van der Waals surface area (Å²) in [6.07, 6.45) is 3.59. The van der Waals surface area contributed by atoms with E-state index in [2.05, 4.69) is 9.97 Å². The van der Waals surface area contributed by atoms with Crippen LogP contribution in [0, 0.1) is 0 Å². The number of aromatic nitrogens is 2. The lowest BCUT2D eigenvalue weighted by atomic mass is 10.2. The zero-order chi connectivity index (χ0) is 13.7. The van der Waals surface area contributed by atoms with Gasteiger partial charge in [-0.15, -0.1) is 11.8 Å². The SMILES string of the molecule is CCOC(=O)c1ccnc(-c2ccc(SC)cc2)n1. The minimum absolute atomic E-state index is 0.279. The molecule has 1 aromatic heterocycles. The van der Waals surface area contributed by atoms with Crippen molar-refractivity contribution in [1.82, 2.24) is 9.97 Å². The Morgan fingerprint density at radius 2 is 2.00 bits per heavy atom. The number of carbonyl (C=O) groups is 1. The standard InChI is InChI=1S/C14H14N2O2S/c1-3-18-14(17)12-8-9-15-13(16-12)10-4-6-11(19-2)7-5-10/h4-9H,3H2,1-2H3. The van der Waals surface area contributed by atoms with Crippen LogP contribution in [0.1, 0.15) is 17.4 Å². The van der Waals surface area contributed by atoms with Gasteiger partial charge in [-0.1, -0.05) is 12.1 Å². The Bertz CT molecular complexity index is 570. The number of ether oxygens (including phenoxy) is 1. The molecule has 98 valence electrons. The third-order valence-corrected chi connectivity index (χ3v) is 3.23. The highest BCUT2D eigenvalue weighted by Gasteiger charge is 2.10. The number of hydrogen-bond donors (Lipinski definition) is 0. The lowest BCUT2D eigenvalue weighted by Crippen LogP contribution is -2.08. The van der Waals surface area contributed by atoms with Crippen molar-refractivity contribution in [1.29, 1.82) is 0 Å². The molecule has 0 bridgehead atoms. The van der Waals surface area contributed by atoms with Crippen LogP contribution in [0.15, 0.2) is 41.4 Å². The van der Waals surface area contributed by atoms with Gasteiger partial charge in [-0.2, -0.15) is 0 Å². The van der Waals surface area contributed by atoms with Crippen molar-refractivity contribution in [3.05, 3.63) is 42.2 Å². The Morgan fingerprint density at radius 3 is 2.63 bits per heavy atom. The minimum Gasteiger partial charge on any atom is -0.461 e. The summed E-state index contributed by atoms with van der Waals surface area (Å²) in [4.78, 5) is 21.2. The smallest absolute Gasteiger partial charge is 0.357 e. The second kappa shape index (κ2) is 6.33. The predicted molar refractivity (Wildman–Crippen MR) is 75.2 cm³/mol. The maximum atomic E-state index is 11.6. The monoisotopic (exact) mass is 274 g/mol. The lowest BCUT2D eigenvalue weighted by Gasteiger charge is -2.04. The molecule has 0 amide bonds. The molecule has 0 spiro atoms. The zero-order valence-corrected chi connectivity index (χ0v) is 11.6. The van der Waals surface area contributed by atoms with Crippen LogP contribution in [-0.4, -0.2) is 28.8 Å². The van der Waals surface area contributed by atoms with Crippen molar-refractivity contribution >= 4 is 17.7 Å². The molecular weight excluding hydrogens is 260 g/mol. The van der Waals surface area contributed by atoms with Gasteiger partial charge < -0.3 is 4.74 Å². The number of thioether (sulfide) groups is 1. The second-order valence-electron chi connectivity index (χ2n) is 3.71. The van der Waals surface area contributed by atoms with Gasteiger partial charge in [-0.05, 0) is 31.4 Å². The van der Waals surface area contributed by atoms with E-state index in [9.17, 15) is 4.79 Å². The van der Waals surface area contributed by atoms with E-state index in [1.54, 1.807) is 30.9 Å². The Balaban J connectivity index is 2.29. The van der Waals surface area contributed by atoms with Crippen molar-refractivity contribution in [3.63, 3.8) is 0 Å². The van der Waals surface area contributed by atoms with Gasteiger partial charge in [0.2, 0.25) is 0 Å². The summed E-state index contributed by atoms with van der Waals surface area (Å²) in [6, 6.07) is 9.44. The van der Waals surface area contributed by atoms with E-state index >= 15 is 0 Å². The van der Waals surface area contributed by atoms with E-state index in [1.165, 1.54) is 4.90 Å². The summed E-state index contributed by atoms with van der Waals surface area (Å²) in [5, 5.41) is 0. The fourth-order valence-corrected chi connectivity index (χ4v) is 1.96. The summed E-state index contributed by atoms with van der Waals surface area (Å²) >= 11 is 1.67. The third kappa shape index (κ3) is 3.32. The maximum absolute atomic E-state index is 11.6. The highest BCUT2D eigenvalue weighted by molar-refractivity contribution is 7.98. The molecule has 0 unspecified atom stereocenters. The predicted octanol–water partition coefficient (Wildman–Crippen LogP) is 3.04. The summed E-state index contributed by atoms with van der Waals surface area (Å²) in [5.41, 5.74) is 1.16. The van der Waals surface area contributed by atoms with Crippen molar-refractivity contribution in [2.45, 2.75) is 11.8 Å². The number of hydrogen-bond acceptors (Lipinski definition) is 5. The van der Waals surface area contributed by atoms with E-state index in [-0.39, 0.29) is 5.69 Å². The molecule has 0 N–H and O–H groups in total. The Morgan fingerprint density at radius 1 is 1.26 bits per heavy atom. The van der Waals surface area contributed by atoms with Crippen molar-refractivity contribution in [3.8, 4) is 11.4 Å². The van der Waals surface area contributed by atoms with Crippen LogP contribution in [0.2, 0.25) is 0 Å². The molecule has 0 saturated heterocycles. The van der Waals surface area contributed by atoms with Crippen molar-refractivity contribution < 1.29 is 9.53 Å². The van der Waals surface area contributed by atoms with E-state index in [4.69, 9.17) is 4.74 Å². The maximum Gasteiger partial charge on any atom is 0.357 e. The fraction of sp³-hybridized carbons (Fsp3) is 0.214. The van der Waals surface area contributed by atoms with Crippen LogP contribution in [0.3, 0.4) is 0 Å². The molecule has 0 aliphatic heterocycles. The first kappa shape index (κ1) is 13.5. The molecule has 1 aromatic carbocycles. The van der Waals surface area contributed by atoms with Crippen molar-refractivity contribution in [2.75, 3.05) is 12.9 Å². The first-order valence-corrected chi connectivity index (χ1v) is 7.11. The summed E-state index contributed by atoms with van der Waals surface area (Å²) in [5.74, 6) is 0.102. The molecule has 1 heterocycles. The molecule has 0 atom stereocenters. The fourth-order valence-electron chi connectivity index (χ4n) is 1.56. The van der Waals surface area contributed by atoms with Crippen molar-refractivity contribution in [2.24, 2.45) is 0 Å². The number of carbonyl (C=O) groups excluding carboxylic acids is 1. The Labute approximate surface area is 116 Å². The molecule has 0 aliphatic rings. The molecule has 0 radical (unpaired) electrons. The van der Waals surface area contributed by atoms with Gasteiger partial charge in [-0.25, -0.2) is 14.8 Å². The number of benzene rings is 1. The Hall–Kier alpha value is -1.88. The minimum atomic E-state index is -0.424. The average Bonchev–Trinajstić information content (AvgIpc) is 2.48. The van der Waals surface area contributed by atoms with E-state index in [0.717, 1.165) is 5.56 Å². The normalized spacial score (nSPS) is 10.2. The van der Waals surface area contributed by atoms with Crippen LogP contribution in [0.5, 0.6) is 0 Å². The van der Waals surface area contributed by atoms with Gasteiger partial charge in [0, 0.05) is 16.7 Å². The number of rotatable bonds is 4. The van der Waals surface area contributed by atoms with Crippen LogP contribution in [0.25, 0.3) is 11.4 Å². The summed E-state index contributed by atoms with van der Waals surface area (Å²) in [7, 11) is 0.